The Balaban J connectivity index is 2.86. The second-order valence-corrected chi connectivity index (χ2v) is 1.48. The minimum absolute atomic E-state index is 0.0370. The van der Waals surface area contributed by atoms with E-state index >= 15 is 0 Å². The molecule has 0 atom stereocenters. The second kappa shape index (κ2) is 1.43. The fourth-order valence-electron chi connectivity index (χ4n) is 0.419. The second-order valence-electron chi connectivity index (χ2n) is 1.48. The standard InChI is InChI=1S/C5H4O3/c1-3-4(6)2-8-5(3)7/h1-2H2. The van der Waals surface area contributed by atoms with Crippen LogP contribution in [0.3, 0.4) is 0 Å². The minimum Gasteiger partial charge on any atom is -0.454 e. The smallest absolute Gasteiger partial charge is 0.341 e. The molecule has 0 radical (unpaired) electrons. The number of hydrogen-bond acceptors (Lipinski definition) is 3. The van der Waals surface area contributed by atoms with E-state index in [2.05, 4.69) is 11.3 Å². The number of ketones is 1. The number of hydrogen-bond donors (Lipinski definition) is 0. The van der Waals surface area contributed by atoms with Gasteiger partial charge in [-0.15, -0.1) is 0 Å². The molecule has 8 heavy (non-hydrogen) atoms. The van der Waals surface area contributed by atoms with E-state index in [0.29, 0.717) is 0 Å². The van der Waals surface area contributed by atoms with Gasteiger partial charge in [-0.2, -0.15) is 0 Å². The number of rotatable bonds is 0. The summed E-state index contributed by atoms with van der Waals surface area (Å²) < 4.78 is 4.29. The van der Waals surface area contributed by atoms with Gasteiger partial charge in [-0.1, -0.05) is 6.58 Å². The molecular formula is C5H4O3. The van der Waals surface area contributed by atoms with Gasteiger partial charge in [-0.25, -0.2) is 4.79 Å². The van der Waals surface area contributed by atoms with Crippen LogP contribution >= 0.6 is 0 Å². The van der Waals surface area contributed by atoms with Crippen LogP contribution in [0.25, 0.3) is 0 Å². The molecule has 1 aliphatic rings. The lowest BCUT2D eigenvalue weighted by Gasteiger charge is -1.80. The van der Waals surface area contributed by atoms with Crippen LogP contribution in [-0.2, 0) is 14.3 Å². The summed E-state index contributed by atoms with van der Waals surface area (Å²) in [5, 5.41) is 0. The lowest BCUT2D eigenvalue weighted by atomic mass is 10.2. The van der Waals surface area contributed by atoms with Gasteiger partial charge in [0.15, 0.2) is 6.61 Å². The molecule has 0 aliphatic carbocycles. The summed E-state index contributed by atoms with van der Waals surface area (Å²) in [5.74, 6) is -0.898. The number of esters is 1. The monoisotopic (exact) mass is 112 g/mol. The van der Waals surface area contributed by atoms with Gasteiger partial charge in [0.05, 0.1) is 5.57 Å². The predicted octanol–water partition coefficient (Wildman–Crippen LogP) is -0.332. The van der Waals surface area contributed by atoms with Crippen LogP contribution in [0.15, 0.2) is 12.2 Å². The summed E-state index contributed by atoms with van der Waals surface area (Å²) in [6.07, 6.45) is 0. The molecule has 3 nitrogen and oxygen atoms in total. The van der Waals surface area contributed by atoms with Gasteiger partial charge in [0.25, 0.3) is 0 Å². The molecule has 0 amide bonds. The summed E-state index contributed by atoms with van der Waals surface area (Å²) in [5.41, 5.74) is -0.0370. The summed E-state index contributed by atoms with van der Waals surface area (Å²) in [4.78, 5) is 20.6. The van der Waals surface area contributed by atoms with E-state index in [1.165, 1.54) is 0 Å². The largest absolute Gasteiger partial charge is 0.454 e. The quantitative estimate of drug-likeness (QED) is 0.245. The van der Waals surface area contributed by atoms with Crippen molar-refractivity contribution in [1.29, 1.82) is 0 Å². The fourth-order valence-corrected chi connectivity index (χ4v) is 0.419. The van der Waals surface area contributed by atoms with E-state index < -0.39 is 5.97 Å². The van der Waals surface area contributed by atoms with Crippen molar-refractivity contribution in [2.24, 2.45) is 0 Å². The highest BCUT2D eigenvalue weighted by atomic mass is 16.5. The van der Waals surface area contributed by atoms with Crippen molar-refractivity contribution < 1.29 is 14.3 Å². The normalized spacial score (nSPS) is 19.2. The van der Waals surface area contributed by atoms with E-state index in [1.54, 1.807) is 0 Å². The Morgan fingerprint density at radius 1 is 1.50 bits per heavy atom. The zero-order chi connectivity index (χ0) is 6.15. The van der Waals surface area contributed by atoms with Gasteiger partial charge in [0, 0.05) is 0 Å². The Morgan fingerprint density at radius 3 is 2.25 bits per heavy atom. The molecule has 0 spiro atoms. The molecule has 1 saturated heterocycles. The first-order valence-corrected chi connectivity index (χ1v) is 2.11. The molecule has 3 heteroatoms. The van der Waals surface area contributed by atoms with Gasteiger partial charge >= 0.3 is 5.97 Å². The minimum atomic E-state index is -0.588. The van der Waals surface area contributed by atoms with E-state index in [1.807, 2.05) is 0 Å². The fraction of sp³-hybridized carbons (Fsp3) is 0.200. The van der Waals surface area contributed by atoms with Crippen LogP contribution in [0, 0.1) is 0 Å². The Bertz CT molecular complexity index is 151. The Hall–Kier alpha value is -1.12. The first-order valence-electron chi connectivity index (χ1n) is 2.11. The van der Waals surface area contributed by atoms with E-state index in [4.69, 9.17) is 0 Å². The first kappa shape index (κ1) is 5.03. The third-order valence-corrected chi connectivity index (χ3v) is 0.917. The highest BCUT2D eigenvalue weighted by molar-refractivity contribution is 6.21. The maximum absolute atomic E-state index is 10.3. The van der Waals surface area contributed by atoms with Crippen molar-refractivity contribution in [3.63, 3.8) is 0 Å². The molecular weight excluding hydrogens is 108 g/mol. The van der Waals surface area contributed by atoms with Crippen LogP contribution < -0.4 is 0 Å². The van der Waals surface area contributed by atoms with Crippen molar-refractivity contribution in [2.45, 2.75) is 0 Å². The van der Waals surface area contributed by atoms with Crippen molar-refractivity contribution in [2.75, 3.05) is 6.61 Å². The SMILES string of the molecule is C=C1C(=O)COC1=O. The molecule has 1 fully saturated rings. The average Bonchev–Trinajstić information content (AvgIpc) is 1.98. The summed E-state index contributed by atoms with van der Waals surface area (Å²) in [6.45, 7) is 3.06. The lowest BCUT2D eigenvalue weighted by molar-refractivity contribution is -0.135. The average molecular weight is 112 g/mol. The van der Waals surface area contributed by atoms with E-state index in [-0.39, 0.29) is 18.0 Å². The number of Topliss-reactive ketones (excluding diaryl/α,β-unsaturated/α-hetero) is 1. The molecule has 1 rings (SSSR count). The highest BCUT2D eigenvalue weighted by Crippen LogP contribution is 2.04. The number of ether oxygens (including phenoxy) is 1. The molecule has 0 N–H and O–H groups in total. The predicted molar refractivity (Wildman–Crippen MR) is 25.1 cm³/mol. The van der Waals surface area contributed by atoms with Gasteiger partial charge < -0.3 is 4.74 Å². The van der Waals surface area contributed by atoms with Gasteiger partial charge in [0.2, 0.25) is 5.78 Å². The number of carbonyl (C=O) groups excluding carboxylic acids is 2. The lowest BCUT2D eigenvalue weighted by Crippen LogP contribution is -1.97. The third-order valence-electron chi connectivity index (χ3n) is 0.917. The summed E-state index contributed by atoms with van der Waals surface area (Å²) >= 11 is 0. The van der Waals surface area contributed by atoms with Crippen LogP contribution in [0.4, 0.5) is 0 Å². The number of cyclic esters (lactones) is 1. The maximum Gasteiger partial charge on any atom is 0.341 e. The number of carbonyl (C=O) groups is 2. The third kappa shape index (κ3) is 0.521. The molecule has 0 unspecified atom stereocenters. The Kier molecular flexibility index (Phi) is 0.901. The molecule has 1 aliphatic heterocycles. The van der Waals surface area contributed by atoms with Crippen molar-refractivity contribution in [3.8, 4) is 0 Å². The van der Waals surface area contributed by atoms with E-state index in [0.717, 1.165) is 0 Å². The van der Waals surface area contributed by atoms with Gasteiger partial charge in [-0.3, -0.25) is 4.79 Å². The van der Waals surface area contributed by atoms with Crippen LogP contribution in [0.5, 0.6) is 0 Å². The molecule has 0 aromatic rings. The molecule has 0 aromatic carbocycles. The van der Waals surface area contributed by atoms with Gasteiger partial charge in [0.1, 0.15) is 0 Å². The highest BCUT2D eigenvalue weighted by Gasteiger charge is 2.25. The maximum atomic E-state index is 10.3. The van der Waals surface area contributed by atoms with Crippen molar-refractivity contribution >= 4 is 11.8 Å². The summed E-state index contributed by atoms with van der Waals surface area (Å²) in [7, 11) is 0. The first-order chi connectivity index (χ1) is 3.72. The van der Waals surface area contributed by atoms with Crippen molar-refractivity contribution in [1.82, 2.24) is 0 Å². The van der Waals surface area contributed by atoms with E-state index in [9.17, 15) is 9.59 Å². The summed E-state index contributed by atoms with van der Waals surface area (Å²) in [6, 6.07) is 0. The topological polar surface area (TPSA) is 43.4 Å². The zero-order valence-electron chi connectivity index (χ0n) is 4.14. The van der Waals surface area contributed by atoms with Crippen molar-refractivity contribution in [3.05, 3.63) is 12.2 Å². The Morgan fingerprint density at radius 2 is 2.12 bits per heavy atom. The molecule has 42 valence electrons. The van der Waals surface area contributed by atoms with Crippen LogP contribution in [0.2, 0.25) is 0 Å². The Labute approximate surface area is 45.9 Å². The molecule has 0 aromatic heterocycles. The van der Waals surface area contributed by atoms with Crippen LogP contribution in [-0.4, -0.2) is 18.4 Å². The molecule has 1 heterocycles. The zero-order valence-corrected chi connectivity index (χ0v) is 4.14. The molecule has 0 saturated carbocycles. The molecule has 0 bridgehead atoms. The van der Waals surface area contributed by atoms with Gasteiger partial charge in [-0.05, 0) is 0 Å². The van der Waals surface area contributed by atoms with Crippen LogP contribution in [0.1, 0.15) is 0 Å².